The van der Waals surface area contributed by atoms with E-state index in [1.54, 1.807) is 6.20 Å². The summed E-state index contributed by atoms with van der Waals surface area (Å²) in [5.74, 6) is 0.972. The molecule has 3 heterocycles. The Morgan fingerprint density at radius 3 is 2.73 bits per heavy atom. The Morgan fingerprint density at radius 1 is 1.27 bits per heavy atom. The number of aryl methyl sites for hydroxylation is 1. The molecule has 0 spiro atoms. The Balaban J connectivity index is 1.86. The van der Waals surface area contributed by atoms with Crippen LogP contribution in [0.1, 0.15) is 43.4 Å². The van der Waals surface area contributed by atoms with Crippen molar-refractivity contribution in [3.63, 3.8) is 0 Å². The summed E-state index contributed by atoms with van der Waals surface area (Å²) >= 11 is 0. The molecule has 3 rings (SSSR count). The number of nitrogens with one attached hydrogen (secondary N) is 2. The predicted molar refractivity (Wildman–Crippen MR) is 87.1 cm³/mol. The predicted octanol–water partition coefficient (Wildman–Crippen LogP) is 2.98. The zero-order valence-corrected chi connectivity index (χ0v) is 13.7. The summed E-state index contributed by atoms with van der Waals surface area (Å²) in [5.41, 5.74) is 5.13. The van der Waals surface area contributed by atoms with Crippen LogP contribution in [0.2, 0.25) is 0 Å². The minimum Gasteiger partial charge on any atom is -0.364 e. The monoisotopic (exact) mass is 298 g/mol. The third kappa shape index (κ3) is 2.56. The summed E-state index contributed by atoms with van der Waals surface area (Å²) in [6, 6.07) is 4.02. The molecular weight excluding hydrogens is 276 g/mol. The number of H-pyrrole nitrogens is 1. The first-order valence-corrected chi connectivity index (χ1v) is 7.46. The van der Waals surface area contributed by atoms with Crippen molar-refractivity contribution < 1.29 is 0 Å². The molecule has 0 unspecified atom stereocenters. The van der Waals surface area contributed by atoms with Gasteiger partial charge < -0.3 is 5.32 Å². The number of hydrogen-bond acceptors (Lipinski definition) is 4. The highest BCUT2D eigenvalue weighted by Crippen LogP contribution is 2.22. The average Bonchev–Trinajstić information content (AvgIpc) is 3.07. The van der Waals surface area contributed by atoms with Crippen LogP contribution in [0.15, 0.2) is 18.3 Å². The highest BCUT2D eigenvalue weighted by molar-refractivity contribution is 5.54. The minimum absolute atomic E-state index is 0.0488. The molecular formula is C16H22N6. The molecule has 0 bridgehead atoms. The number of anilines is 1. The molecule has 0 aromatic carbocycles. The number of aromatic nitrogens is 5. The Hall–Kier alpha value is -2.37. The van der Waals surface area contributed by atoms with E-state index in [0.717, 1.165) is 34.1 Å². The fourth-order valence-corrected chi connectivity index (χ4v) is 2.36. The Bertz CT molecular complexity index is 806. The molecule has 116 valence electrons. The molecule has 0 atom stereocenters. The van der Waals surface area contributed by atoms with Crippen molar-refractivity contribution in [1.29, 1.82) is 0 Å². The van der Waals surface area contributed by atoms with Crippen LogP contribution in [0, 0.1) is 13.8 Å². The number of hydrogen-bond donors (Lipinski definition) is 2. The maximum Gasteiger partial charge on any atom is 0.157 e. The van der Waals surface area contributed by atoms with Crippen molar-refractivity contribution in [3.05, 3.63) is 41.0 Å². The summed E-state index contributed by atoms with van der Waals surface area (Å²) in [6.07, 6.45) is 1.76. The first kappa shape index (κ1) is 14.6. The van der Waals surface area contributed by atoms with Gasteiger partial charge >= 0.3 is 0 Å². The van der Waals surface area contributed by atoms with Gasteiger partial charge in [0.15, 0.2) is 5.65 Å². The van der Waals surface area contributed by atoms with Gasteiger partial charge in [0, 0.05) is 22.7 Å². The molecule has 6 nitrogen and oxygen atoms in total. The maximum atomic E-state index is 4.53. The van der Waals surface area contributed by atoms with Crippen molar-refractivity contribution in [2.75, 3.05) is 5.32 Å². The van der Waals surface area contributed by atoms with E-state index in [4.69, 9.17) is 0 Å². The van der Waals surface area contributed by atoms with Gasteiger partial charge in [-0.3, -0.25) is 5.10 Å². The number of rotatable bonds is 3. The second-order valence-corrected chi connectivity index (χ2v) is 6.65. The molecule has 0 fully saturated rings. The normalized spacial score (nSPS) is 12.0. The van der Waals surface area contributed by atoms with Crippen LogP contribution in [0.3, 0.4) is 0 Å². The molecule has 0 saturated heterocycles. The standard InChI is InChI=1S/C16H22N6/c1-10-11(2)19-14-6-7-18-22(14)15(10)17-9-12-8-13(21-20-12)16(3,4)5/h6-8,17H,9H2,1-5H3,(H,20,21). The van der Waals surface area contributed by atoms with Gasteiger partial charge in [-0.25, -0.2) is 4.98 Å². The summed E-state index contributed by atoms with van der Waals surface area (Å²) in [6.45, 7) is 11.2. The largest absolute Gasteiger partial charge is 0.364 e. The third-order valence-electron chi connectivity index (χ3n) is 3.86. The molecule has 0 aliphatic rings. The van der Waals surface area contributed by atoms with Gasteiger partial charge in [-0.2, -0.15) is 14.7 Å². The Kier molecular flexibility index (Phi) is 3.39. The summed E-state index contributed by atoms with van der Waals surface area (Å²) < 4.78 is 1.84. The van der Waals surface area contributed by atoms with Gasteiger partial charge in [-0.15, -0.1) is 0 Å². The first-order chi connectivity index (χ1) is 10.4. The Labute approximate surface area is 130 Å². The lowest BCUT2D eigenvalue weighted by Crippen LogP contribution is -2.11. The van der Waals surface area contributed by atoms with Gasteiger partial charge in [0.25, 0.3) is 0 Å². The molecule has 0 amide bonds. The number of fused-ring (bicyclic) bond motifs is 1. The lowest BCUT2D eigenvalue weighted by Gasteiger charge is -2.14. The smallest absolute Gasteiger partial charge is 0.157 e. The molecule has 0 aliphatic heterocycles. The molecule has 3 aromatic rings. The minimum atomic E-state index is 0.0488. The SMILES string of the molecule is Cc1nc2ccnn2c(NCc2cc(C(C)(C)C)n[nH]2)c1C. The van der Waals surface area contributed by atoms with Crippen molar-refractivity contribution >= 4 is 11.5 Å². The second kappa shape index (κ2) is 5.12. The summed E-state index contributed by atoms with van der Waals surface area (Å²) in [4.78, 5) is 4.53. The van der Waals surface area contributed by atoms with Crippen LogP contribution < -0.4 is 5.32 Å². The zero-order valence-electron chi connectivity index (χ0n) is 13.7. The van der Waals surface area contributed by atoms with Gasteiger partial charge in [-0.1, -0.05) is 20.8 Å². The van der Waals surface area contributed by atoms with Gasteiger partial charge in [0.05, 0.1) is 24.1 Å². The maximum absolute atomic E-state index is 4.53. The van der Waals surface area contributed by atoms with Crippen molar-refractivity contribution in [2.24, 2.45) is 0 Å². The van der Waals surface area contributed by atoms with Crippen molar-refractivity contribution in [3.8, 4) is 0 Å². The van der Waals surface area contributed by atoms with E-state index in [2.05, 4.69) is 59.4 Å². The number of nitrogens with zero attached hydrogens (tertiary/aromatic N) is 4. The molecule has 6 heteroatoms. The van der Waals surface area contributed by atoms with Crippen LogP contribution in [-0.2, 0) is 12.0 Å². The quantitative estimate of drug-likeness (QED) is 0.780. The van der Waals surface area contributed by atoms with Crippen molar-refractivity contribution in [2.45, 2.75) is 46.6 Å². The lowest BCUT2D eigenvalue weighted by molar-refractivity contribution is 0.567. The van der Waals surface area contributed by atoms with Gasteiger partial charge in [0.1, 0.15) is 5.82 Å². The molecule has 22 heavy (non-hydrogen) atoms. The van der Waals surface area contributed by atoms with Gasteiger partial charge in [-0.05, 0) is 19.9 Å². The third-order valence-corrected chi connectivity index (χ3v) is 3.86. The highest BCUT2D eigenvalue weighted by atomic mass is 15.3. The molecule has 0 aliphatic carbocycles. The van der Waals surface area contributed by atoms with E-state index in [9.17, 15) is 0 Å². The van der Waals surface area contributed by atoms with Crippen molar-refractivity contribution in [1.82, 2.24) is 24.8 Å². The molecule has 0 radical (unpaired) electrons. The Morgan fingerprint density at radius 2 is 2.05 bits per heavy atom. The average molecular weight is 298 g/mol. The topological polar surface area (TPSA) is 70.9 Å². The molecule has 2 N–H and O–H groups in total. The van der Waals surface area contributed by atoms with E-state index >= 15 is 0 Å². The molecule has 3 aromatic heterocycles. The summed E-state index contributed by atoms with van der Waals surface area (Å²) in [7, 11) is 0. The van der Waals surface area contributed by atoms with Crippen LogP contribution >= 0.6 is 0 Å². The first-order valence-electron chi connectivity index (χ1n) is 7.46. The van der Waals surface area contributed by atoms with E-state index in [1.165, 1.54) is 0 Å². The van der Waals surface area contributed by atoms with E-state index in [0.29, 0.717) is 6.54 Å². The highest BCUT2D eigenvalue weighted by Gasteiger charge is 2.17. The summed E-state index contributed by atoms with van der Waals surface area (Å²) in [5, 5.41) is 15.3. The van der Waals surface area contributed by atoms with Gasteiger partial charge in [0.2, 0.25) is 0 Å². The van der Waals surface area contributed by atoms with E-state index < -0.39 is 0 Å². The van der Waals surface area contributed by atoms with Crippen LogP contribution in [0.5, 0.6) is 0 Å². The number of aromatic amines is 1. The fraction of sp³-hybridized carbons (Fsp3) is 0.438. The van der Waals surface area contributed by atoms with Crippen LogP contribution in [0.4, 0.5) is 5.82 Å². The van der Waals surface area contributed by atoms with E-state index in [-0.39, 0.29) is 5.41 Å². The van der Waals surface area contributed by atoms with E-state index in [1.807, 2.05) is 17.5 Å². The molecule has 0 saturated carbocycles. The zero-order chi connectivity index (χ0) is 15.9. The van der Waals surface area contributed by atoms with Crippen LogP contribution in [-0.4, -0.2) is 24.8 Å². The lowest BCUT2D eigenvalue weighted by atomic mass is 9.92. The fourth-order valence-electron chi connectivity index (χ4n) is 2.36. The second-order valence-electron chi connectivity index (χ2n) is 6.65. The van der Waals surface area contributed by atoms with Crippen LogP contribution in [0.25, 0.3) is 5.65 Å².